The molecule has 0 fully saturated rings. The summed E-state index contributed by atoms with van der Waals surface area (Å²) in [5.41, 5.74) is 3.81. The van der Waals surface area contributed by atoms with Crippen molar-refractivity contribution in [3.8, 4) is 5.75 Å². The van der Waals surface area contributed by atoms with Gasteiger partial charge in [-0.2, -0.15) is 0 Å². The molecule has 0 bridgehead atoms. The van der Waals surface area contributed by atoms with E-state index in [1.165, 1.54) is 19.2 Å². The number of amides is 1. The van der Waals surface area contributed by atoms with Gasteiger partial charge in [0.25, 0.3) is 5.91 Å². The van der Waals surface area contributed by atoms with E-state index in [-0.39, 0.29) is 36.8 Å². The molecule has 0 saturated heterocycles. The summed E-state index contributed by atoms with van der Waals surface area (Å²) in [6, 6.07) is 16.9. The highest BCUT2D eigenvalue weighted by atomic mass is 35.5. The molecule has 3 aromatic rings. The van der Waals surface area contributed by atoms with Crippen molar-refractivity contribution in [2.24, 2.45) is 5.92 Å². The molecule has 37 heavy (non-hydrogen) atoms. The van der Waals surface area contributed by atoms with Crippen LogP contribution in [-0.2, 0) is 22.6 Å². The van der Waals surface area contributed by atoms with Gasteiger partial charge in [0.1, 0.15) is 18.2 Å². The Morgan fingerprint density at radius 3 is 2.43 bits per heavy atom. The Bertz CT molecular complexity index is 1230. The maximum absolute atomic E-state index is 13.6. The van der Waals surface area contributed by atoms with Gasteiger partial charge < -0.3 is 14.8 Å². The molecular formula is C30H33ClFNO4. The molecule has 0 spiro atoms. The maximum atomic E-state index is 13.6. The Hall–Kier alpha value is -3.38. The molecule has 0 radical (unpaired) electrons. The summed E-state index contributed by atoms with van der Waals surface area (Å²) in [5, 5.41) is 3.63. The standard InChI is InChI=1S/C30H33ClFNO4/c1-19(2)15-27(23-8-11-24(32)12-9-23)33-30(35)25-17-21(6-7-22(25)10-14-29(34)36-4)18-37-28-16-20(3)5-13-26(28)31/h5-9,11-13,16-17,19,27H,10,14-15,18H2,1-4H3,(H,33,35). The number of ether oxygens (including phenoxy) is 2. The second-order valence-corrected chi connectivity index (χ2v) is 9.90. The molecule has 0 aliphatic rings. The zero-order valence-electron chi connectivity index (χ0n) is 21.6. The first-order chi connectivity index (χ1) is 17.7. The number of esters is 1. The zero-order valence-corrected chi connectivity index (χ0v) is 22.4. The molecule has 0 aliphatic heterocycles. The van der Waals surface area contributed by atoms with E-state index in [4.69, 9.17) is 21.1 Å². The van der Waals surface area contributed by atoms with Crippen molar-refractivity contribution in [3.63, 3.8) is 0 Å². The van der Waals surface area contributed by atoms with Gasteiger partial charge in [0.05, 0.1) is 18.2 Å². The minimum atomic E-state index is -0.350. The molecule has 7 heteroatoms. The summed E-state index contributed by atoms with van der Waals surface area (Å²) in [5.74, 6) is -0.0873. The molecule has 3 aromatic carbocycles. The number of hydrogen-bond donors (Lipinski definition) is 1. The van der Waals surface area contributed by atoms with E-state index in [1.54, 1.807) is 24.3 Å². The van der Waals surface area contributed by atoms with E-state index < -0.39 is 0 Å². The van der Waals surface area contributed by atoms with E-state index in [0.717, 1.165) is 22.3 Å². The van der Waals surface area contributed by atoms with Crippen LogP contribution in [0, 0.1) is 18.7 Å². The fourth-order valence-corrected chi connectivity index (χ4v) is 4.22. The quantitative estimate of drug-likeness (QED) is 0.274. The van der Waals surface area contributed by atoms with Crippen LogP contribution in [-0.4, -0.2) is 19.0 Å². The van der Waals surface area contributed by atoms with Gasteiger partial charge in [0.2, 0.25) is 0 Å². The molecule has 3 rings (SSSR count). The summed E-state index contributed by atoms with van der Waals surface area (Å²) in [4.78, 5) is 25.4. The largest absolute Gasteiger partial charge is 0.487 e. The number of aryl methyl sites for hydroxylation is 2. The third-order valence-corrected chi connectivity index (χ3v) is 6.32. The molecule has 0 aromatic heterocycles. The van der Waals surface area contributed by atoms with E-state index in [1.807, 2.05) is 31.2 Å². The first-order valence-corrected chi connectivity index (χ1v) is 12.7. The maximum Gasteiger partial charge on any atom is 0.305 e. The molecule has 1 amide bonds. The van der Waals surface area contributed by atoms with E-state index in [9.17, 15) is 14.0 Å². The lowest BCUT2D eigenvalue weighted by Gasteiger charge is -2.22. The molecule has 5 nitrogen and oxygen atoms in total. The normalized spacial score (nSPS) is 11.8. The van der Waals surface area contributed by atoms with Gasteiger partial charge >= 0.3 is 5.97 Å². The summed E-state index contributed by atoms with van der Waals surface area (Å²) in [6.07, 6.45) is 1.19. The Labute approximate surface area is 222 Å². The number of hydrogen-bond acceptors (Lipinski definition) is 4. The van der Waals surface area contributed by atoms with Crippen LogP contribution in [0.5, 0.6) is 5.75 Å². The minimum Gasteiger partial charge on any atom is -0.487 e. The lowest BCUT2D eigenvalue weighted by molar-refractivity contribution is -0.140. The average Bonchev–Trinajstić information content (AvgIpc) is 2.87. The van der Waals surface area contributed by atoms with Crippen LogP contribution in [0.4, 0.5) is 4.39 Å². The van der Waals surface area contributed by atoms with Gasteiger partial charge in [-0.05, 0) is 78.3 Å². The van der Waals surface area contributed by atoms with Gasteiger partial charge in [-0.3, -0.25) is 9.59 Å². The second-order valence-electron chi connectivity index (χ2n) is 9.50. The van der Waals surface area contributed by atoms with Gasteiger partial charge in [0.15, 0.2) is 0 Å². The lowest BCUT2D eigenvalue weighted by atomic mass is 9.95. The van der Waals surface area contributed by atoms with Crippen LogP contribution in [0.15, 0.2) is 60.7 Å². The predicted octanol–water partition coefficient (Wildman–Crippen LogP) is 6.99. The fraction of sp³-hybridized carbons (Fsp3) is 0.333. The van der Waals surface area contributed by atoms with E-state index in [2.05, 4.69) is 19.2 Å². The summed E-state index contributed by atoms with van der Waals surface area (Å²) in [6.45, 7) is 6.31. The molecule has 1 atom stereocenters. The third-order valence-electron chi connectivity index (χ3n) is 6.01. The first kappa shape index (κ1) is 28.2. The van der Waals surface area contributed by atoms with Crippen LogP contribution >= 0.6 is 11.6 Å². The number of nitrogens with one attached hydrogen (secondary N) is 1. The monoisotopic (exact) mass is 525 g/mol. The van der Waals surface area contributed by atoms with Crippen molar-refractivity contribution < 1.29 is 23.5 Å². The van der Waals surface area contributed by atoms with Gasteiger partial charge in [-0.1, -0.05) is 55.8 Å². The van der Waals surface area contributed by atoms with Crippen LogP contribution in [0.3, 0.4) is 0 Å². The Balaban J connectivity index is 1.87. The first-order valence-electron chi connectivity index (χ1n) is 12.3. The van der Waals surface area contributed by atoms with E-state index >= 15 is 0 Å². The summed E-state index contributed by atoms with van der Waals surface area (Å²) >= 11 is 6.26. The summed E-state index contributed by atoms with van der Waals surface area (Å²) < 4.78 is 24.2. The SMILES string of the molecule is COC(=O)CCc1ccc(COc2cc(C)ccc2Cl)cc1C(=O)NC(CC(C)C)c1ccc(F)cc1. The Morgan fingerprint density at radius 2 is 1.76 bits per heavy atom. The smallest absolute Gasteiger partial charge is 0.305 e. The van der Waals surface area contributed by atoms with Crippen LogP contribution < -0.4 is 10.1 Å². The highest BCUT2D eigenvalue weighted by molar-refractivity contribution is 6.32. The van der Waals surface area contributed by atoms with Crippen molar-refractivity contribution in [2.45, 2.75) is 52.7 Å². The van der Waals surface area contributed by atoms with Crippen molar-refractivity contribution in [1.29, 1.82) is 0 Å². The molecular weight excluding hydrogens is 493 g/mol. The van der Waals surface area contributed by atoms with Crippen LogP contribution in [0.25, 0.3) is 0 Å². The predicted molar refractivity (Wildman–Crippen MR) is 143 cm³/mol. The van der Waals surface area contributed by atoms with Crippen LogP contribution in [0.2, 0.25) is 5.02 Å². The Morgan fingerprint density at radius 1 is 1.03 bits per heavy atom. The van der Waals surface area contributed by atoms with Gasteiger partial charge in [-0.25, -0.2) is 4.39 Å². The average molecular weight is 526 g/mol. The molecule has 0 saturated carbocycles. The number of methoxy groups -OCH3 is 1. The number of carbonyl (C=O) groups is 2. The molecule has 1 unspecified atom stereocenters. The Kier molecular flexibility index (Phi) is 10.1. The zero-order chi connectivity index (χ0) is 26.9. The number of benzene rings is 3. The summed E-state index contributed by atoms with van der Waals surface area (Å²) in [7, 11) is 1.34. The molecule has 0 aliphatic carbocycles. The van der Waals surface area contributed by atoms with Crippen LogP contribution in [0.1, 0.15) is 65.3 Å². The highest BCUT2D eigenvalue weighted by Gasteiger charge is 2.20. The number of halogens is 2. The van der Waals surface area contributed by atoms with Crippen molar-refractivity contribution >= 4 is 23.5 Å². The second kappa shape index (κ2) is 13.2. The van der Waals surface area contributed by atoms with Crippen molar-refractivity contribution in [2.75, 3.05) is 7.11 Å². The molecule has 196 valence electrons. The molecule has 1 N–H and O–H groups in total. The fourth-order valence-electron chi connectivity index (χ4n) is 4.04. The molecule has 0 heterocycles. The number of rotatable bonds is 11. The minimum absolute atomic E-state index is 0.152. The topological polar surface area (TPSA) is 64.6 Å². The highest BCUT2D eigenvalue weighted by Crippen LogP contribution is 2.27. The van der Waals surface area contributed by atoms with Gasteiger partial charge in [-0.15, -0.1) is 0 Å². The van der Waals surface area contributed by atoms with Gasteiger partial charge in [0, 0.05) is 12.0 Å². The van der Waals surface area contributed by atoms with Crippen molar-refractivity contribution in [3.05, 3.63) is 99.3 Å². The van der Waals surface area contributed by atoms with E-state index in [0.29, 0.717) is 35.1 Å². The van der Waals surface area contributed by atoms with Crippen molar-refractivity contribution in [1.82, 2.24) is 5.32 Å². The lowest BCUT2D eigenvalue weighted by Crippen LogP contribution is -2.30. The number of carbonyl (C=O) groups excluding carboxylic acids is 2. The third kappa shape index (κ3) is 8.32.